The Balaban J connectivity index is 2.12. The van der Waals surface area contributed by atoms with Gasteiger partial charge in [0, 0.05) is 38.7 Å². The molecule has 0 aliphatic heterocycles. The van der Waals surface area contributed by atoms with Crippen LogP contribution >= 0.6 is 46.4 Å². The lowest BCUT2D eigenvalue weighted by Gasteiger charge is -2.33. The SMILES string of the molecule is CCNC(=O)C(CC)N(Cc1c(Cl)cccc1Cl)C(=O)CN(c1cc(Cl)cc(Cl)c1)S(=O)(=O)c1ccccc1. The van der Waals surface area contributed by atoms with Crippen LogP contribution in [0.2, 0.25) is 20.1 Å². The molecule has 1 unspecified atom stereocenters. The monoisotopic (exact) mass is 629 g/mol. The third kappa shape index (κ3) is 7.58. The maximum Gasteiger partial charge on any atom is 0.264 e. The normalized spacial score (nSPS) is 12.1. The quantitative estimate of drug-likeness (QED) is 0.264. The van der Waals surface area contributed by atoms with Gasteiger partial charge >= 0.3 is 0 Å². The molecule has 12 heteroatoms. The Hall–Kier alpha value is -2.49. The van der Waals surface area contributed by atoms with Crippen molar-refractivity contribution in [3.63, 3.8) is 0 Å². The molecule has 39 heavy (non-hydrogen) atoms. The van der Waals surface area contributed by atoms with Crippen molar-refractivity contribution in [1.29, 1.82) is 0 Å². The average molecular weight is 631 g/mol. The van der Waals surface area contributed by atoms with Crippen molar-refractivity contribution < 1.29 is 18.0 Å². The van der Waals surface area contributed by atoms with Crippen molar-refractivity contribution in [3.8, 4) is 0 Å². The predicted octanol–water partition coefficient (Wildman–Crippen LogP) is 6.44. The van der Waals surface area contributed by atoms with Crippen molar-refractivity contribution in [1.82, 2.24) is 10.2 Å². The molecule has 3 aromatic carbocycles. The van der Waals surface area contributed by atoms with Gasteiger partial charge in [0.2, 0.25) is 11.8 Å². The first kappa shape index (κ1) is 31.0. The lowest BCUT2D eigenvalue weighted by molar-refractivity contribution is -0.140. The molecule has 0 aliphatic rings. The molecule has 0 saturated heterocycles. The molecule has 0 aromatic heterocycles. The Kier molecular flexibility index (Phi) is 10.9. The summed E-state index contributed by atoms with van der Waals surface area (Å²) in [5.41, 5.74) is 0.520. The Morgan fingerprint density at radius 3 is 2.00 bits per heavy atom. The van der Waals surface area contributed by atoms with Crippen molar-refractivity contribution in [2.45, 2.75) is 37.8 Å². The molecule has 1 atom stereocenters. The highest BCUT2D eigenvalue weighted by molar-refractivity contribution is 7.92. The van der Waals surface area contributed by atoms with Gasteiger partial charge in [0.05, 0.1) is 10.6 Å². The summed E-state index contributed by atoms with van der Waals surface area (Å²) in [4.78, 5) is 28.3. The van der Waals surface area contributed by atoms with Crippen molar-refractivity contribution in [3.05, 3.63) is 92.4 Å². The molecule has 1 N–H and O–H groups in total. The summed E-state index contributed by atoms with van der Waals surface area (Å²) in [7, 11) is -4.25. The van der Waals surface area contributed by atoms with Gasteiger partial charge in [0.25, 0.3) is 10.0 Å². The third-order valence-corrected chi connectivity index (χ3v) is 8.81. The molecule has 3 aromatic rings. The molecule has 0 saturated carbocycles. The van der Waals surface area contributed by atoms with E-state index in [2.05, 4.69) is 5.32 Å². The van der Waals surface area contributed by atoms with Crippen LogP contribution in [0.25, 0.3) is 0 Å². The second kappa shape index (κ2) is 13.7. The van der Waals surface area contributed by atoms with E-state index in [-0.39, 0.29) is 39.5 Å². The van der Waals surface area contributed by atoms with Gasteiger partial charge in [-0.2, -0.15) is 0 Å². The van der Waals surface area contributed by atoms with Crippen LogP contribution in [0.15, 0.2) is 71.6 Å². The van der Waals surface area contributed by atoms with E-state index in [9.17, 15) is 18.0 Å². The molecular formula is C27H27Cl4N3O4S. The van der Waals surface area contributed by atoms with Gasteiger partial charge in [-0.05, 0) is 55.8 Å². The van der Waals surface area contributed by atoms with Crippen LogP contribution in [0, 0.1) is 0 Å². The molecule has 3 rings (SSSR count). The molecule has 7 nitrogen and oxygen atoms in total. The standard InChI is InChI=1S/C27H27Cl4N3O4S/c1-3-25(27(36)32-4-2)33(16-22-23(30)11-8-12-24(22)31)26(35)17-34(20-14-18(28)13-19(29)15-20)39(37,38)21-9-6-5-7-10-21/h5-15,25H,3-4,16-17H2,1-2H3,(H,32,36). The Morgan fingerprint density at radius 2 is 1.46 bits per heavy atom. The van der Waals surface area contributed by atoms with E-state index >= 15 is 0 Å². The van der Waals surface area contributed by atoms with Gasteiger partial charge in [0.1, 0.15) is 12.6 Å². The van der Waals surface area contributed by atoms with Gasteiger partial charge < -0.3 is 10.2 Å². The lowest BCUT2D eigenvalue weighted by atomic mass is 10.1. The predicted molar refractivity (Wildman–Crippen MR) is 157 cm³/mol. The minimum atomic E-state index is -4.25. The van der Waals surface area contributed by atoms with E-state index in [1.165, 1.54) is 35.2 Å². The van der Waals surface area contributed by atoms with Crippen LogP contribution in [-0.4, -0.2) is 44.3 Å². The zero-order valence-corrected chi connectivity index (χ0v) is 25.0. The summed E-state index contributed by atoms with van der Waals surface area (Å²) in [6.07, 6.45) is 0.258. The smallest absolute Gasteiger partial charge is 0.264 e. The number of benzene rings is 3. The second-order valence-corrected chi connectivity index (χ2v) is 12.0. The van der Waals surface area contributed by atoms with E-state index in [1.807, 2.05) is 0 Å². The van der Waals surface area contributed by atoms with Crippen molar-refractivity contribution >= 4 is 73.9 Å². The number of carbonyl (C=O) groups excluding carboxylic acids is 2. The van der Waals surface area contributed by atoms with Crippen LogP contribution < -0.4 is 9.62 Å². The summed E-state index contributed by atoms with van der Waals surface area (Å²) < 4.78 is 28.5. The molecule has 0 radical (unpaired) electrons. The molecule has 0 bridgehead atoms. The fourth-order valence-electron chi connectivity index (χ4n) is 4.00. The minimum Gasteiger partial charge on any atom is -0.355 e. The van der Waals surface area contributed by atoms with E-state index < -0.39 is 28.5 Å². The summed E-state index contributed by atoms with van der Waals surface area (Å²) in [6.45, 7) is 3.09. The van der Waals surface area contributed by atoms with Crippen LogP contribution in [0.4, 0.5) is 5.69 Å². The molecule has 0 spiro atoms. The highest BCUT2D eigenvalue weighted by atomic mass is 35.5. The number of rotatable bonds is 11. The summed E-state index contributed by atoms with van der Waals surface area (Å²) >= 11 is 25.2. The fourth-order valence-corrected chi connectivity index (χ4v) is 6.45. The zero-order valence-electron chi connectivity index (χ0n) is 21.2. The second-order valence-electron chi connectivity index (χ2n) is 8.49. The van der Waals surface area contributed by atoms with Gasteiger partial charge in [-0.25, -0.2) is 8.42 Å². The van der Waals surface area contributed by atoms with Crippen molar-refractivity contribution in [2.75, 3.05) is 17.4 Å². The number of sulfonamides is 1. The van der Waals surface area contributed by atoms with Crippen molar-refractivity contribution in [2.24, 2.45) is 0 Å². The fraction of sp³-hybridized carbons (Fsp3) is 0.259. The van der Waals surface area contributed by atoms with E-state index in [0.29, 0.717) is 22.2 Å². The number of hydrogen-bond donors (Lipinski definition) is 1. The lowest BCUT2D eigenvalue weighted by Crippen LogP contribution is -2.52. The van der Waals surface area contributed by atoms with E-state index in [0.717, 1.165) is 4.31 Å². The molecular weight excluding hydrogens is 604 g/mol. The third-order valence-electron chi connectivity index (χ3n) is 5.87. The first-order chi connectivity index (χ1) is 18.5. The Morgan fingerprint density at radius 1 is 0.872 bits per heavy atom. The maximum atomic E-state index is 14.0. The largest absolute Gasteiger partial charge is 0.355 e. The number of likely N-dealkylation sites (N-methyl/N-ethyl adjacent to an activating group) is 1. The van der Waals surface area contributed by atoms with Gasteiger partial charge in [-0.1, -0.05) is 77.6 Å². The maximum absolute atomic E-state index is 14.0. The molecule has 0 fully saturated rings. The molecule has 208 valence electrons. The zero-order chi connectivity index (χ0) is 28.7. The topological polar surface area (TPSA) is 86.8 Å². The van der Waals surface area contributed by atoms with Gasteiger partial charge in [-0.15, -0.1) is 0 Å². The number of hydrogen-bond acceptors (Lipinski definition) is 4. The van der Waals surface area contributed by atoms with Gasteiger partial charge in [-0.3, -0.25) is 13.9 Å². The average Bonchev–Trinajstić information content (AvgIpc) is 2.88. The van der Waals surface area contributed by atoms with Crippen LogP contribution in [-0.2, 0) is 26.2 Å². The van der Waals surface area contributed by atoms with Crippen LogP contribution in [0.1, 0.15) is 25.8 Å². The number of amides is 2. The summed E-state index contributed by atoms with van der Waals surface area (Å²) in [5, 5.41) is 3.72. The Bertz CT molecular complexity index is 1400. The summed E-state index contributed by atoms with van der Waals surface area (Å²) in [6, 6.07) is 15.9. The molecule has 0 aliphatic carbocycles. The number of carbonyl (C=O) groups is 2. The Labute approximate surface area is 248 Å². The first-order valence-corrected chi connectivity index (χ1v) is 15.0. The number of halogens is 4. The first-order valence-electron chi connectivity index (χ1n) is 12.0. The highest BCUT2D eigenvalue weighted by Gasteiger charge is 2.34. The van der Waals surface area contributed by atoms with Gasteiger partial charge in [0.15, 0.2) is 0 Å². The van der Waals surface area contributed by atoms with E-state index in [4.69, 9.17) is 46.4 Å². The number of nitrogens with zero attached hydrogens (tertiary/aromatic N) is 2. The number of anilines is 1. The highest BCUT2D eigenvalue weighted by Crippen LogP contribution is 2.31. The van der Waals surface area contributed by atoms with Crippen LogP contribution in [0.5, 0.6) is 0 Å². The van der Waals surface area contributed by atoms with Crippen LogP contribution in [0.3, 0.4) is 0 Å². The summed E-state index contributed by atoms with van der Waals surface area (Å²) in [5.74, 6) is -1.04. The molecule has 2 amide bonds. The van der Waals surface area contributed by atoms with E-state index in [1.54, 1.807) is 50.2 Å². The molecule has 0 heterocycles. The number of nitrogens with one attached hydrogen (secondary N) is 1. The minimum absolute atomic E-state index is 0.0367.